The molecule has 10 heteroatoms. The van der Waals surface area contributed by atoms with Gasteiger partial charge in [0.1, 0.15) is 11.5 Å². The molecule has 0 saturated heterocycles. The number of nitrogens with zero attached hydrogens (tertiary/aromatic N) is 1. The van der Waals surface area contributed by atoms with Crippen molar-refractivity contribution in [3.8, 4) is 11.5 Å². The maximum absolute atomic E-state index is 12.5. The second kappa shape index (κ2) is 9.90. The van der Waals surface area contributed by atoms with Gasteiger partial charge in [0.15, 0.2) is 5.96 Å². The van der Waals surface area contributed by atoms with E-state index in [2.05, 4.69) is 20.4 Å². The summed E-state index contributed by atoms with van der Waals surface area (Å²) in [5, 5.41) is 5.32. The van der Waals surface area contributed by atoms with E-state index in [4.69, 9.17) is 4.74 Å². The smallest absolute Gasteiger partial charge is 0.390 e. The molecule has 0 fully saturated rings. The van der Waals surface area contributed by atoms with Crippen LogP contribution in [0.1, 0.15) is 18.9 Å². The highest BCUT2D eigenvalue weighted by Gasteiger charge is 2.26. The predicted octanol–water partition coefficient (Wildman–Crippen LogP) is 3.30. The number of aliphatic imine (C=N–C) groups is 1. The number of hydrogen-bond donors (Lipinski definition) is 2. The molecule has 0 aliphatic carbocycles. The van der Waals surface area contributed by atoms with Crippen LogP contribution in [0.15, 0.2) is 23.2 Å². The standard InChI is InChI=1S/C15H20F5N3O2/c1-3-21-14(22-7-6-15(18,19)20)23-9-10-4-5-11(24-2)8-12(10)25-13(16)17/h4-5,8,13H,3,6-7,9H2,1-2H3,(H2,21,22,23). The van der Waals surface area contributed by atoms with Gasteiger partial charge in [-0.15, -0.1) is 0 Å². The summed E-state index contributed by atoms with van der Waals surface area (Å²) in [6.45, 7) is -1.25. The van der Waals surface area contributed by atoms with Crippen molar-refractivity contribution in [1.82, 2.24) is 10.6 Å². The summed E-state index contributed by atoms with van der Waals surface area (Å²) in [4.78, 5) is 4.09. The van der Waals surface area contributed by atoms with Crippen molar-refractivity contribution >= 4 is 5.96 Å². The summed E-state index contributed by atoms with van der Waals surface area (Å²) in [5.41, 5.74) is 0.342. The van der Waals surface area contributed by atoms with E-state index in [1.54, 1.807) is 13.0 Å². The molecule has 0 saturated carbocycles. The van der Waals surface area contributed by atoms with Crippen molar-refractivity contribution in [3.63, 3.8) is 0 Å². The fourth-order valence-electron chi connectivity index (χ4n) is 1.83. The highest BCUT2D eigenvalue weighted by molar-refractivity contribution is 5.79. The van der Waals surface area contributed by atoms with E-state index in [1.807, 2.05) is 0 Å². The molecule has 0 spiro atoms. The van der Waals surface area contributed by atoms with Gasteiger partial charge in [-0.05, 0) is 19.1 Å². The summed E-state index contributed by atoms with van der Waals surface area (Å²) in [6.07, 6.45) is -5.29. The molecule has 0 amide bonds. The third-order valence-corrected chi connectivity index (χ3v) is 2.94. The lowest BCUT2D eigenvalue weighted by molar-refractivity contribution is -0.132. The van der Waals surface area contributed by atoms with Crippen LogP contribution in [0.4, 0.5) is 22.0 Å². The molecule has 5 nitrogen and oxygen atoms in total. The van der Waals surface area contributed by atoms with Gasteiger partial charge in [-0.2, -0.15) is 22.0 Å². The van der Waals surface area contributed by atoms with E-state index in [1.165, 1.54) is 19.2 Å². The van der Waals surface area contributed by atoms with Crippen molar-refractivity contribution in [1.29, 1.82) is 0 Å². The van der Waals surface area contributed by atoms with Gasteiger partial charge in [0.05, 0.1) is 20.1 Å². The normalized spacial score (nSPS) is 12.2. The van der Waals surface area contributed by atoms with Gasteiger partial charge in [-0.1, -0.05) is 0 Å². The van der Waals surface area contributed by atoms with Crippen molar-refractivity contribution in [2.45, 2.75) is 32.7 Å². The Morgan fingerprint density at radius 3 is 2.52 bits per heavy atom. The fourth-order valence-corrected chi connectivity index (χ4v) is 1.83. The lowest BCUT2D eigenvalue weighted by Gasteiger charge is -2.14. The Bertz CT molecular complexity index is 565. The highest BCUT2D eigenvalue weighted by Crippen LogP contribution is 2.27. The fraction of sp³-hybridized carbons (Fsp3) is 0.533. The van der Waals surface area contributed by atoms with E-state index in [-0.39, 0.29) is 24.8 Å². The predicted molar refractivity (Wildman–Crippen MR) is 83.1 cm³/mol. The largest absolute Gasteiger partial charge is 0.497 e. The van der Waals surface area contributed by atoms with Crippen LogP contribution < -0.4 is 20.1 Å². The molecule has 25 heavy (non-hydrogen) atoms. The van der Waals surface area contributed by atoms with Crippen molar-refractivity contribution in [2.24, 2.45) is 4.99 Å². The molecular weight excluding hydrogens is 349 g/mol. The monoisotopic (exact) mass is 369 g/mol. The SMILES string of the molecule is CCNC(=NCc1ccc(OC)cc1OC(F)F)NCCC(F)(F)F. The second-order valence-corrected chi connectivity index (χ2v) is 4.84. The number of nitrogens with one attached hydrogen (secondary N) is 2. The zero-order valence-electron chi connectivity index (χ0n) is 13.8. The number of alkyl halides is 5. The first-order valence-electron chi connectivity index (χ1n) is 7.45. The Hall–Kier alpha value is -2.26. The molecule has 0 bridgehead atoms. The van der Waals surface area contributed by atoms with Crippen LogP contribution in [-0.4, -0.2) is 38.9 Å². The summed E-state index contributed by atoms with van der Waals surface area (Å²) in [5.74, 6) is 0.369. The van der Waals surface area contributed by atoms with Crippen molar-refractivity contribution in [3.05, 3.63) is 23.8 Å². The van der Waals surface area contributed by atoms with Gasteiger partial charge in [0, 0.05) is 24.7 Å². The first kappa shape index (κ1) is 20.8. The third-order valence-electron chi connectivity index (χ3n) is 2.94. The maximum Gasteiger partial charge on any atom is 0.390 e. The van der Waals surface area contributed by atoms with E-state index in [0.29, 0.717) is 17.9 Å². The van der Waals surface area contributed by atoms with Crippen LogP contribution in [0.5, 0.6) is 11.5 Å². The average Bonchev–Trinajstić information content (AvgIpc) is 2.51. The lowest BCUT2D eigenvalue weighted by atomic mass is 10.2. The van der Waals surface area contributed by atoms with Gasteiger partial charge < -0.3 is 20.1 Å². The van der Waals surface area contributed by atoms with Crippen molar-refractivity contribution in [2.75, 3.05) is 20.2 Å². The lowest BCUT2D eigenvalue weighted by Crippen LogP contribution is -2.38. The average molecular weight is 369 g/mol. The summed E-state index contributed by atoms with van der Waals surface area (Å²) in [7, 11) is 1.38. The first-order valence-corrected chi connectivity index (χ1v) is 7.45. The van der Waals surface area contributed by atoms with Gasteiger partial charge >= 0.3 is 12.8 Å². The van der Waals surface area contributed by atoms with Crippen molar-refractivity contribution < 1.29 is 31.4 Å². The minimum atomic E-state index is -4.28. The van der Waals surface area contributed by atoms with Gasteiger partial charge in [-0.3, -0.25) is 0 Å². The van der Waals surface area contributed by atoms with Crippen LogP contribution in [0.25, 0.3) is 0 Å². The quantitative estimate of drug-likeness (QED) is 0.419. The van der Waals surface area contributed by atoms with Gasteiger partial charge in [0.2, 0.25) is 0 Å². The molecule has 142 valence electrons. The van der Waals surface area contributed by atoms with E-state index >= 15 is 0 Å². The van der Waals surface area contributed by atoms with Crippen LogP contribution in [-0.2, 0) is 6.54 Å². The molecule has 0 radical (unpaired) electrons. The number of methoxy groups -OCH3 is 1. The zero-order valence-corrected chi connectivity index (χ0v) is 13.8. The zero-order chi connectivity index (χ0) is 18.9. The molecule has 0 unspecified atom stereocenters. The minimum absolute atomic E-state index is 0.0621. The van der Waals surface area contributed by atoms with Crippen LogP contribution in [0, 0.1) is 0 Å². The molecule has 0 aliphatic heterocycles. The molecule has 2 N–H and O–H groups in total. The number of hydrogen-bond acceptors (Lipinski definition) is 3. The molecule has 1 rings (SSSR count). The summed E-state index contributed by atoms with van der Waals surface area (Å²) < 4.78 is 71.0. The molecule has 0 heterocycles. The Kier molecular flexibility index (Phi) is 8.23. The third kappa shape index (κ3) is 8.41. The summed E-state index contributed by atoms with van der Waals surface area (Å²) in [6, 6.07) is 4.34. The van der Waals surface area contributed by atoms with Crippen LogP contribution in [0.2, 0.25) is 0 Å². The number of halogens is 5. The molecule has 0 atom stereocenters. The number of guanidine groups is 1. The molecule has 0 aliphatic rings. The topological polar surface area (TPSA) is 54.9 Å². The van der Waals surface area contributed by atoms with Gasteiger partial charge in [0.25, 0.3) is 0 Å². The molecule has 0 aromatic heterocycles. The first-order chi connectivity index (χ1) is 11.7. The maximum atomic E-state index is 12.5. The van der Waals surface area contributed by atoms with Crippen LogP contribution in [0.3, 0.4) is 0 Å². The number of benzene rings is 1. The molecule has 1 aromatic rings. The Morgan fingerprint density at radius 1 is 1.24 bits per heavy atom. The van der Waals surface area contributed by atoms with Gasteiger partial charge in [-0.25, -0.2) is 4.99 Å². The number of ether oxygens (including phenoxy) is 2. The molecular formula is C15H20F5N3O2. The second-order valence-electron chi connectivity index (χ2n) is 4.84. The van der Waals surface area contributed by atoms with E-state index < -0.39 is 19.2 Å². The highest BCUT2D eigenvalue weighted by atomic mass is 19.4. The Balaban J connectivity index is 2.83. The Morgan fingerprint density at radius 2 is 1.96 bits per heavy atom. The van der Waals surface area contributed by atoms with Crippen LogP contribution >= 0.6 is 0 Å². The number of rotatable bonds is 8. The molecule has 1 aromatic carbocycles. The Labute approximate surface area is 142 Å². The minimum Gasteiger partial charge on any atom is -0.497 e. The summed E-state index contributed by atoms with van der Waals surface area (Å²) >= 11 is 0. The van der Waals surface area contributed by atoms with E-state index in [0.717, 1.165) is 0 Å². The van der Waals surface area contributed by atoms with E-state index in [9.17, 15) is 22.0 Å².